The number of ether oxygens (including phenoxy) is 2. The molecule has 1 aliphatic heterocycles. The number of aliphatic carboxylic acids is 1. The minimum absolute atomic E-state index is 0.142. The molecule has 3 aromatic carbocycles. The number of benzene rings is 3. The molecule has 1 heterocycles. The molecule has 0 radical (unpaired) electrons. The van der Waals surface area contributed by atoms with Gasteiger partial charge in [0, 0.05) is 0 Å². The van der Waals surface area contributed by atoms with E-state index >= 15 is 0 Å². The fraction of sp³-hybridized carbons (Fsp3) is 0.233. The fourth-order valence-electron chi connectivity index (χ4n) is 3.93. The monoisotopic (exact) mass is 564 g/mol. The molecule has 0 unspecified atom stereocenters. The SMILES string of the molecule is CCOc1cc(/C=C2\SC(=Nc3ccc(CC)cc3)N(c3ccc(CC)cc3)C2=O)cc(Cl)c1OCC(=O)O. The standard InChI is InChI=1S/C30H29ClN2O5S/c1-4-19-7-11-22(12-8-19)32-30-33(23-13-9-20(5-2)10-14-23)29(36)26(39-30)17-21-15-24(31)28(38-18-27(34)35)25(16-21)37-6-3/h7-17H,4-6,18H2,1-3H3,(H,34,35)/b26-17-,32-30?. The van der Waals surface area contributed by atoms with Gasteiger partial charge in [-0.3, -0.25) is 9.69 Å². The first-order valence-electron chi connectivity index (χ1n) is 12.6. The van der Waals surface area contributed by atoms with Crippen molar-refractivity contribution in [3.05, 3.63) is 87.3 Å². The summed E-state index contributed by atoms with van der Waals surface area (Å²) in [6, 6.07) is 19.1. The number of nitrogens with zero attached hydrogens (tertiary/aromatic N) is 2. The minimum atomic E-state index is -1.13. The molecule has 1 N–H and O–H groups in total. The highest BCUT2D eigenvalue weighted by Gasteiger charge is 2.35. The largest absolute Gasteiger partial charge is 0.490 e. The summed E-state index contributed by atoms with van der Waals surface area (Å²) in [5.41, 5.74) is 4.46. The second kappa shape index (κ2) is 12.9. The third kappa shape index (κ3) is 6.82. The summed E-state index contributed by atoms with van der Waals surface area (Å²) in [4.78, 5) is 31.6. The number of hydrogen-bond acceptors (Lipinski definition) is 6. The highest BCUT2D eigenvalue weighted by Crippen LogP contribution is 2.41. The summed E-state index contributed by atoms with van der Waals surface area (Å²) in [6.45, 7) is 5.74. The van der Waals surface area contributed by atoms with E-state index in [4.69, 9.17) is 31.2 Å². The van der Waals surface area contributed by atoms with Gasteiger partial charge in [-0.2, -0.15) is 0 Å². The molecular weight excluding hydrogens is 536 g/mol. The van der Waals surface area contributed by atoms with E-state index in [1.165, 1.54) is 22.9 Å². The zero-order valence-electron chi connectivity index (χ0n) is 21.9. The number of carboxylic acids is 1. The summed E-state index contributed by atoms with van der Waals surface area (Å²) in [7, 11) is 0. The lowest BCUT2D eigenvalue weighted by atomic mass is 10.1. The van der Waals surface area contributed by atoms with Crippen LogP contribution in [-0.4, -0.2) is 35.4 Å². The number of carbonyl (C=O) groups is 2. The van der Waals surface area contributed by atoms with Gasteiger partial charge in [-0.1, -0.05) is 49.7 Å². The zero-order valence-corrected chi connectivity index (χ0v) is 23.5. The topological polar surface area (TPSA) is 88.4 Å². The number of carbonyl (C=O) groups excluding carboxylic acids is 1. The number of amidine groups is 1. The van der Waals surface area contributed by atoms with Crippen LogP contribution < -0.4 is 14.4 Å². The molecule has 4 rings (SSSR count). The van der Waals surface area contributed by atoms with Crippen LogP contribution in [0.25, 0.3) is 6.08 Å². The second-order valence-corrected chi connectivity index (χ2v) is 10.0. The van der Waals surface area contributed by atoms with E-state index in [2.05, 4.69) is 13.8 Å². The Morgan fingerprint density at radius 2 is 1.64 bits per heavy atom. The van der Waals surface area contributed by atoms with Gasteiger partial charge in [0.25, 0.3) is 5.91 Å². The van der Waals surface area contributed by atoms with Gasteiger partial charge in [-0.05, 0) is 90.7 Å². The Bertz CT molecular complexity index is 1420. The number of aliphatic imine (C=N–C) groups is 1. The number of thioether (sulfide) groups is 1. The molecule has 9 heteroatoms. The molecular formula is C30H29ClN2O5S. The van der Waals surface area contributed by atoms with Crippen LogP contribution in [0.4, 0.5) is 11.4 Å². The summed E-state index contributed by atoms with van der Waals surface area (Å²) < 4.78 is 11.0. The van der Waals surface area contributed by atoms with Crippen molar-refractivity contribution in [2.45, 2.75) is 33.6 Å². The lowest BCUT2D eigenvalue weighted by Crippen LogP contribution is -2.28. The maximum Gasteiger partial charge on any atom is 0.341 e. The van der Waals surface area contributed by atoms with Crippen molar-refractivity contribution in [2.75, 3.05) is 18.1 Å². The molecule has 1 saturated heterocycles. The Labute approximate surface area is 237 Å². The summed E-state index contributed by atoms with van der Waals surface area (Å²) in [5.74, 6) is -0.904. The zero-order chi connectivity index (χ0) is 27.9. The van der Waals surface area contributed by atoms with E-state index in [-0.39, 0.29) is 16.7 Å². The van der Waals surface area contributed by atoms with Crippen LogP contribution >= 0.6 is 23.4 Å². The normalized spacial score (nSPS) is 15.3. The van der Waals surface area contributed by atoms with Crippen LogP contribution in [0.2, 0.25) is 5.02 Å². The average molecular weight is 565 g/mol. The Balaban J connectivity index is 1.74. The predicted molar refractivity (Wildman–Crippen MR) is 158 cm³/mol. The summed E-state index contributed by atoms with van der Waals surface area (Å²) in [6.07, 6.45) is 3.55. The number of aryl methyl sites for hydroxylation is 2. The van der Waals surface area contributed by atoms with Gasteiger partial charge in [0.2, 0.25) is 0 Å². The van der Waals surface area contributed by atoms with Gasteiger partial charge in [0.05, 0.1) is 27.9 Å². The number of amides is 1. The Hall–Kier alpha value is -3.75. The van der Waals surface area contributed by atoms with Crippen molar-refractivity contribution in [2.24, 2.45) is 4.99 Å². The number of rotatable bonds is 10. The van der Waals surface area contributed by atoms with E-state index in [1.807, 2.05) is 48.5 Å². The summed E-state index contributed by atoms with van der Waals surface area (Å²) in [5, 5.41) is 9.71. The fourth-order valence-corrected chi connectivity index (χ4v) is 5.21. The summed E-state index contributed by atoms with van der Waals surface area (Å²) >= 11 is 7.71. The number of carboxylic acid groups (broad SMARTS) is 1. The van der Waals surface area contributed by atoms with Crippen molar-refractivity contribution >= 4 is 57.9 Å². The van der Waals surface area contributed by atoms with Crippen LogP contribution in [-0.2, 0) is 22.4 Å². The van der Waals surface area contributed by atoms with Gasteiger partial charge < -0.3 is 14.6 Å². The second-order valence-electron chi connectivity index (χ2n) is 8.63. The first-order chi connectivity index (χ1) is 18.8. The van der Waals surface area contributed by atoms with Crippen LogP contribution in [0.3, 0.4) is 0 Å². The Kier molecular flexibility index (Phi) is 9.32. The van der Waals surface area contributed by atoms with Crippen LogP contribution in [0.1, 0.15) is 37.5 Å². The highest BCUT2D eigenvalue weighted by molar-refractivity contribution is 8.19. The molecule has 0 spiro atoms. The van der Waals surface area contributed by atoms with E-state index in [0.29, 0.717) is 28.0 Å². The maximum atomic E-state index is 13.7. The molecule has 0 saturated carbocycles. The van der Waals surface area contributed by atoms with E-state index in [0.717, 1.165) is 24.2 Å². The van der Waals surface area contributed by atoms with Crippen molar-refractivity contribution < 1.29 is 24.2 Å². The molecule has 1 aliphatic rings. The molecule has 3 aromatic rings. The Morgan fingerprint density at radius 3 is 2.23 bits per heavy atom. The van der Waals surface area contributed by atoms with E-state index in [9.17, 15) is 9.59 Å². The highest BCUT2D eigenvalue weighted by atomic mass is 35.5. The molecule has 7 nitrogen and oxygen atoms in total. The van der Waals surface area contributed by atoms with Gasteiger partial charge in [-0.15, -0.1) is 0 Å². The first kappa shape index (κ1) is 28.3. The van der Waals surface area contributed by atoms with E-state index in [1.54, 1.807) is 30.0 Å². The van der Waals surface area contributed by atoms with E-state index < -0.39 is 12.6 Å². The van der Waals surface area contributed by atoms with Crippen molar-refractivity contribution in [1.29, 1.82) is 0 Å². The third-order valence-electron chi connectivity index (χ3n) is 5.95. The smallest absolute Gasteiger partial charge is 0.341 e. The van der Waals surface area contributed by atoms with Crippen LogP contribution in [0, 0.1) is 0 Å². The van der Waals surface area contributed by atoms with Gasteiger partial charge in [-0.25, -0.2) is 9.79 Å². The number of hydrogen-bond donors (Lipinski definition) is 1. The molecule has 1 amide bonds. The van der Waals surface area contributed by atoms with Gasteiger partial charge in [0.1, 0.15) is 0 Å². The molecule has 0 atom stereocenters. The molecule has 202 valence electrons. The van der Waals surface area contributed by atoms with Crippen molar-refractivity contribution in [1.82, 2.24) is 0 Å². The van der Waals surface area contributed by atoms with Gasteiger partial charge in [0.15, 0.2) is 23.3 Å². The predicted octanol–water partition coefficient (Wildman–Crippen LogP) is 7.14. The van der Waals surface area contributed by atoms with Crippen LogP contribution in [0.15, 0.2) is 70.6 Å². The molecule has 39 heavy (non-hydrogen) atoms. The maximum absolute atomic E-state index is 13.7. The average Bonchev–Trinajstić information content (AvgIpc) is 3.22. The lowest BCUT2D eigenvalue weighted by Gasteiger charge is -2.16. The number of anilines is 1. The molecule has 0 aliphatic carbocycles. The van der Waals surface area contributed by atoms with Crippen LogP contribution in [0.5, 0.6) is 11.5 Å². The lowest BCUT2D eigenvalue weighted by molar-refractivity contribution is -0.139. The third-order valence-corrected chi connectivity index (χ3v) is 7.20. The van der Waals surface area contributed by atoms with Gasteiger partial charge >= 0.3 is 5.97 Å². The Morgan fingerprint density at radius 1 is 1.00 bits per heavy atom. The quantitative estimate of drug-likeness (QED) is 0.263. The van der Waals surface area contributed by atoms with Crippen molar-refractivity contribution in [3.8, 4) is 11.5 Å². The molecule has 0 bridgehead atoms. The number of halogens is 1. The minimum Gasteiger partial charge on any atom is -0.490 e. The molecule has 0 aromatic heterocycles. The van der Waals surface area contributed by atoms with Crippen molar-refractivity contribution in [3.63, 3.8) is 0 Å². The molecule has 1 fully saturated rings. The first-order valence-corrected chi connectivity index (χ1v) is 13.8.